The van der Waals surface area contributed by atoms with Crippen molar-refractivity contribution in [2.24, 2.45) is 0 Å². The quantitative estimate of drug-likeness (QED) is 0.162. The topological polar surface area (TPSA) is 65.6 Å². The van der Waals surface area contributed by atoms with Gasteiger partial charge in [0.15, 0.2) is 14.3 Å². The highest BCUT2D eigenvalue weighted by molar-refractivity contribution is 7.88. The highest BCUT2D eigenvalue weighted by Crippen LogP contribution is 2.75. The Morgan fingerprint density at radius 1 is 0.229 bits per heavy atom. The van der Waals surface area contributed by atoms with Crippen molar-refractivity contribution >= 4 is 114 Å². The number of ether oxygens (including phenoxy) is 2. The maximum atomic E-state index is 19.6. The molecule has 0 unspecified atom stereocenters. The number of anilines is 12. The van der Waals surface area contributed by atoms with E-state index < -0.39 is 14.3 Å². The first-order valence-corrected chi connectivity index (χ1v) is 38.0. The lowest BCUT2D eigenvalue weighted by Gasteiger charge is -2.54. The Hall–Kier alpha value is -7.76. The lowest BCUT2D eigenvalue weighted by atomic mass is 9.85. The van der Waals surface area contributed by atoms with E-state index in [1.54, 1.807) is 0 Å². The van der Waals surface area contributed by atoms with Crippen LogP contribution in [0.15, 0.2) is 146 Å². The number of hydrogen-bond donors (Lipinski definition) is 0. The zero-order valence-corrected chi connectivity index (χ0v) is 63.0. The summed E-state index contributed by atoms with van der Waals surface area (Å²) in [6.07, 6.45) is 0. The van der Waals surface area contributed by atoms with Crippen molar-refractivity contribution in [3.05, 3.63) is 190 Å². The van der Waals surface area contributed by atoms with Crippen LogP contribution in [0.4, 0.5) is 68.2 Å². The summed E-state index contributed by atoms with van der Waals surface area (Å²) in [5.74, 6) is 2.35. The molecule has 0 amide bonds. The second-order valence-corrected chi connectivity index (χ2v) is 41.5. The zero-order chi connectivity index (χ0) is 69.0. The monoisotopic (exact) mass is 1310 g/mol. The van der Waals surface area contributed by atoms with Crippen molar-refractivity contribution in [3.8, 4) is 23.0 Å². The molecule has 0 saturated heterocycles. The number of hydrogen-bond acceptors (Lipinski definition) is 8. The number of nitrogens with zero attached hydrogens (tertiary/aromatic N) is 4. The van der Waals surface area contributed by atoms with Crippen LogP contribution in [-0.4, -0.2) is 0 Å². The standard InChI is InChI=1S/C86H96N4O4P2/c1-79(2,3)49-25-33-57(34-26-49)87-61-41-53(83(13,14)15)45-65-73(61)95(91)74-63(43-55(85(19,20)21)46-66(74)93-65)89(59-37-29-51(30-38-59)81(7,8)9)71-72-78-70(69(87)77(71)95)88(58-35-27-50(28-36-58)80(4,5)6)62-42-54(84(16,17)18)47-67-75(62)96(78,92)76-64(44-56(86(22,23)24)48-68(76)94-67)90(72)60-39-31-52(32-40-60)82(10,11)12/h25-48H,1-24H3. The molecule has 6 heterocycles. The Morgan fingerprint density at radius 2 is 0.396 bits per heavy atom. The van der Waals surface area contributed by atoms with Crippen molar-refractivity contribution < 1.29 is 18.6 Å². The maximum Gasteiger partial charge on any atom is 0.186 e. The molecule has 0 N–H and O–H groups in total. The molecule has 0 radical (unpaired) electrons. The van der Waals surface area contributed by atoms with Gasteiger partial charge in [0.05, 0.1) is 77.3 Å². The van der Waals surface area contributed by atoms with E-state index in [2.05, 4.69) is 331 Å². The lowest BCUT2D eigenvalue weighted by molar-refractivity contribution is 0.477. The van der Waals surface area contributed by atoms with Crippen LogP contribution in [0.2, 0.25) is 0 Å². The van der Waals surface area contributed by atoms with E-state index in [4.69, 9.17) is 9.47 Å². The summed E-state index contributed by atoms with van der Waals surface area (Å²) in [5.41, 5.74) is 16.2. The summed E-state index contributed by atoms with van der Waals surface area (Å²) in [7, 11) is -8.46. The molecule has 96 heavy (non-hydrogen) atoms. The predicted octanol–water partition coefficient (Wildman–Crippen LogP) is 22.7. The Labute approximate surface area is 571 Å². The van der Waals surface area contributed by atoms with E-state index in [1.165, 1.54) is 22.3 Å². The molecule has 0 atom stereocenters. The van der Waals surface area contributed by atoms with Crippen LogP contribution < -0.4 is 60.9 Å². The summed E-state index contributed by atoms with van der Waals surface area (Å²) >= 11 is 0. The molecular weight excluding hydrogens is 1210 g/mol. The van der Waals surface area contributed by atoms with Gasteiger partial charge in [0, 0.05) is 22.7 Å². The van der Waals surface area contributed by atoms with Crippen LogP contribution in [0.25, 0.3) is 0 Å². The van der Waals surface area contributed by atoms with Gasteiger partial charge in [-0.2, -0.15) is 0 Å². The Morgan fingerprint density at radius 3 is 0.552 bits per heavy atom. The highest BCUT2D eigenvalue weighted by Gasteiger charge is 2.63. The SMILES string of the molecule is CC(C)(C)c1ccc(N2c3cc(C(C)(C)C)cc4c3P3(=O)c5c(cc(C(C)(C)C)cc5N(c5ccc(C(C)(C)C)cc5)c5c6c7c(c2c53)N(c2ccc(C(C)(C)C)cc2)c2cc(C(C)(C)C)cc3c2P7(=O)c2c(cc(C(C)(C)C)cc2N6c2ccc(C(C)(C)C)cc2)O3)O4)cc1. The normalized spacial score (nSPS) is 16.2. The molecule has 8 nitrogen and oxygen atoms in total. The van der Waals surface area contributed by atoms with Gasteiger partial charge in [-0.25, -0.2) is 0 Å². The summed E-state index contributed by atoms with van der Waals surface area (Å²) in [6, 6.07) is 54.1. The molecule has 9 aromatic rings. The molecule has 0 aromatic heterocycles. The molecule has 0 spiro atoms. The lowest BCUT2D eigenvalue weighted by Crippen LogP contribution is -2.52. The van der Waals surface area contributed by atoms with Gasteiger partial charge in [0.25, 0.3) is 0 Å². The van der Waals surface area contributed by atoms with Crippen LogP contribution in [0.3, 0.4) is 0 Å². The minimum absolute atomic E-state index is 0.168. The second-order valence-electron chi connectivity index (χ2n) is 36.4. The number of rotatable bonds is 4. The molecule has 9 aromatic carbocycles. The summed E-state index contributed by atoms with van der Waals surface area (Å²) in [4.78, 5) is 9.66. The van der Waals surface area contributed by atoms with E-state index in [-0.39, 0.29) is 43.3 Å². The number of fused-ring (bicyclic) bond motifs is 2. The van der Waals surface area contributed by atoms with Gasteiger partial charge in [-0.05, 0) is 185 Å². The Kier molecular flexibility index (Phi) is 13.4. The first-order valence-electron chi connectivity index (χ1n) is 34.6. The fourth-order valence-electron chi connectivity index (χ4n) is 15.4. The van der Waals surface area contributed by atoms with Crippen LogP contribution >= 0.6 is 14.3 Å². The summed E-state index contributed by atoms with van der Waals surface area (Å²) in [5, 5.41) is 4.01. The molecule has 6 aliphatic heterocycles. The molecule has 0 fully saturated rings. The van der Waals surface area contributed by atoms with Gasteiger partial charge < -0.3 is 38.2 Å². The first-order chi connectivity index (χ1) is 44.4. The third kappa shape index (κ3) is 9.25. The van der Waals surface area contributed by atoms with Crippen LogP contribution in [-0.2, 0) is 52.5 Å². The third-order valence-corrected chi connectivity index (χ3v) is 27.6. The molecule has 6 aliphatic rings. The van der Waals surface area contributed by atoms with E-state index in [9.17, 15) is 0 Å². The van der Waals surface area contributed by atoms with Crippen molar-refractivity contribution in [3.63, 3.8) is 0 Å². The number of benzene rings is 9. The van der Waals surface area contributed by atoms with Crippen LogP contribution in [0.1, 0.15) is 211 Å². The van der Waals surface area contributed by atoms with Crippen molar-refractivity contribution in [2.45, 2.75) is 209 Å². The van der Waals surface area contributed by atoms with Crippen LogP contribution in [0.5, 0.6) is 23.0 Å². The Bertz CT molecular complexity index is 4330. The minimum Gasteiger partial charge on any atom is -0.456 e. The predicted molar refractivity (Wildman–Crippen MR) is 408 cm³/mol. The smallest absolute Gasteiger partial charge is 0.186 e. The largest absolute Gasteiger partial charge is 0.456 e. The van der Waals surface area contributed by atoms with E-state index >= 15 is 9.13 Å². The zero-order valence-electron chi connectivity index (χ0n) is 61.2. The van der Waals surface area contributed by atoms with Gasteiger partial charge in [-0.15, -0.1) is 0 Å². The fraction of sp³-hybridized carbons (Fsp3) is 0.372. The van der Waals surface area contributed by atoms with Crippen molar-refractivity contribution in [2.75, 3.05) is 19.6 Å². The second kappa shape index (κ2) is 20.0. The molecule has 0 bridgehead atoms. The first kappa shape index (κ1) is 64.2. The van der Waals surface area contributed by atoms with Gasteiger partial charge in [-0.1, -0.05) is 215 Å². The summed E-state index contributed by atoms with van der Waals surface area (Å²) in [6.45, 7) is 54.1. The molecule has 0 aliphatic carbocycles. The van der Waals surface area contributed by atoms with Gasteiger partial charge >= 0.3 is 0 Å². The van der Waals surface area contributed by atoms with E-state index in [0.717, 1.165) is 90.5 Å². The molecule has 10 heteroatoms. The maximum absolute atomic E-state index is 19.6. The van der Waals surface area contributed by atoms with Gasteiger partial charge in [0.1, 0.15) is 23.0 Å². The minimum atomic E-state index is -4.23. The molecule has 0 saturated carbocycles. The third-order valence-electron chi connectivity index (χ3n) is 21.2. The van der Waals surface area contributed by atoms with Crippen LogP contribution in [0, 0.1) is 0 Å². The summed E-state index contributed by atoms with van der Waals surface area (Å²) < 4.78 is 54.6. The molecule has 494 valence electrons. The molecule has 15 rings (SSSR count). The van der Waals surface area contributed by atoms with E-state index in [1.807, 2.05) is 0 Å². The van der Waals surface area contributed by atoms with Crippen molar-refractivity contribution in [1.29, 1.82) is 0 Å². The highest BCUT2D eigenvalue weighted by atomic mass is 31.2. The van der Waals surface area contributed by atoms with Crippen molar-refractivity contribution in [1.82, 2.24) is 0 Å². The molecular formula is C86H96N4O4P2. The average molecular weight is 1310 g/mol. The Balaban J connectivity index is 1.27. The van der Waals surface area contributed by atoms with Gasteiger partial charge in [0.2, 0.25) is 0 Å². The van der Waals surface area contributed by atoms with E-state index in [0.29, 0.717) is 54.8 Å². The average Bonchev–Trinajstić information content (AvgIpc) is 0.637. The fourth-order valence-corrected chi connectivity index (χ4v) is 22.4. The van der Waals surface area contributed by atoms with Gasteiger partial charge in [-0.3, -0.25) is 0 Å².